The van der Waals surface area contributed by atoms with Gasteiger partial charge in [0.05, 0.1) is 5.75 Å². The van der Waals surface area contributed by atoms with Crippen molar-refractivity contribution in [2.45, 2.75) is 5.37 Å². The highest BCUT2D eigenvalue weighted by molar-refractivity contribution is 8.00. The molecule has 1 atom stereocenters. The molecular formula is C15H11ClFNOS. The van der Waals surface area contributed by atoms with Gasteiger partial charge < -0.3 is 0 Å². The Morgan fingerprint density at radius 2 is 1.95 bits per heavy atom. The van der Waals surface area contributed by atoms with Crippen LogP contribution < -0.4 is 4.90 Å². The molecule has 0 aliphatic carbocycles. The standard InChI is InChI=1S/C15H11ClFNOS/c16-11-3-1-2-10(8-11)15-18(14(19)9-20-15)13-6-4-12(17)5-7-13/h1-8,15H,9H2. The molecule has 0 spiro atoms. The van der Waals surface area contributed by atoms with Crippen LogP contribution in [0.1, 0.15) is 10.9 Å². The van der Waals surface area contributed by atoms with E-state index in [1.54, 1.807) is 34.9 Å². The Balaban J connectivity index is 1.98. The van der Waals surface area contributed by atoms with Gasteiger partial charge in [0.2, 0.25) is 5.91 Å². The maximum absolute atomic E-state index is 13.0. The predicted molar refractivity (Wildman–Crippen MR) is 80.5 cm³/mol. The first-order valence-electron chi connectivity index (χ1n) is 6.10. The Hall–Kier alpha value is -1.52. The molecule has 2 aromatic rings. The van der Waals surface area contributed by atoms with Gasteiger partial charge in [-0.15, -0.1) is 11.8 Å². The molecule has 2 aromatic carbocycles. The van der Waals surface area contributed by atoms with E-state index in [4.69, 9.17) is 11.6 Å². The maximum Gasteiger partial charge on any atom is 0.238 e. The molecule has 20 heavy (non-hydrogen) atoms. The van der Waals surface area contributed by atoms with Gasteiger partial charge in [-0.2, -0.15) is 0 Å². The summed E-state index contributed by atoms with van der Waals surface area (Å²) in [6, 6.07) is 13.4. The minimum absolute atomic E-state index is 0.0200. The fourth-order valence-corrected chi connectivity index (χ4v) is 3.58. The van der Waals surface area contributed by atoms with E-state index < -0.39 is 0 Å². The van der Waals surface area contributed by atoms with E-state index >= 15 is 0 Å². The Morgan fingerprint density at radius 1 is 1.20 bits per heavy atom. The Labute approximate surface area is 125 Å². The van der Waals surface area contributed by atoms with Crippen LogP contribution in [0.3, 0.4) is 0 Å². The zero-order valence-electron chi connectivity index (χ0n) is 10.4. The van der Waals surface area contributed by atoms with Crippen molar-refractivity contribution in [3.8, 4) is 0 Å². The Kier molecular flexibility index (Phi) is 3.68. The van der Waals surface area contributed by atoms with Crippen LogP contribution in [0.2, 0.25) is 5.02 Å². The highest BCUT2D eigenvalue weighted by Gasteiger charge is 2.34. The molecular weight excluding hydrogens is 297 g/mol. The number of halogens is 2. The first-order valence-corrected chi connectivity index (χ1v) is 7.52. The molecule has 0 aromatic heterocycles. The monoisotopic (exact) mass is 307 g/mol. The quantitative estimate of drug-likeness (QED) is 0.826. The van der Waals surface area contributed by atoms with Gasteiger partial charge in [-0.25, -0.2) is 4.39 Å². The van der Waals surface area contributed by atoms with Crippen molar-refractivity contribution in [1.29, 1.82) is 0 Å². The summed E-state index contributed by atoms with van der Waals surface area (Å²) in [6.45, 7) is 0. The third kappa shape index (κ3) is 2.53. The average Bonchev–Trinajstić information content (AvgIpc) is 2.82. The van der Waals surface area contributed by atoms with Crippen LogP contribution >= 0.6 is 23.4 Å². The minimum atomic E-state index is -0.313. The lowest BCUT2D eigenvalue weighted by Gasteiger charge is -2.24. The van der Waals surface area contributed by atoms with E-state index in [0.717, 1.165) is 5.56 Å². The lowest BCUT2D eigenvalue weighted by molar-refractivity contribution is -0.115. The van der Waals surface area contributed by atoms with Crippen LogP contribution in [0.5, 0.6) is 0 Å². The molecule has 1 aliphatic heterocycles. The summed E-state index contributed by atoms with van der Waals surface area (Å²) in [5.74, 6) is 0.119. The molecule has 1 saturated heterocycles. The zero-order valence-corrected chi connectivity index (χ0v) is 12.0. The van der Waals surface area contributed by atoms with Crippen LogP contribution in [0.25, 0.3) is 0 Å². The molecule has 5 heteroatoms. The number of rotatable bonds is 2. The number of nitrogens with zero attached hydrogens (tertiary/aromatic N) is 1. The molecule has 1 aliphatic rings. The lowest BCUT2D eigenvalue weighted by atomic mass is 10.2. The Bertz CT molecular complexity index is 647. The van der Waals surface area contributed by atoms with Gasteiger partial charge in [0.25, 0.3) is 0 Å². The molecule has 0 bridgehead atoms. The maximum atomic E-state index is 13.0. The van der Waals surface area contributed by atoms with Crippen LogP contribution in [0, 0.1) is 5.82 Å². The second kappa shape index (κ2) is 5.46. The van der Waals surface area contributed by atoms with Gasteiger partial charge >= 0.3 is 0 Å². The third-order valence-corrected chi connectivity index (χ3v) is 4.55. The molecule has 0 N–H and O–H groups in total. The number of anilines is 1. The van der Waals surface area contributed by atoms with Gasteiger partial charge in [-0.3, -0.25) is 9.69 Å². The van der Waals surface area contributed by atoms with Gasteiger partial charge in [-0.05, 0) is 42.0 Å². The summed E-state index contributed by atoms with van der Waals surface area (Å²) >= 11 is 7.56. The molecule has 1 amide bonds. The fraction of sp³-hybridized carbons (Fsp3) is 0.133. The summed E-state index contributed by atoms with van der Waals surface area (Å²) in [5, 5.41) is 0.521. The van der Waals surface area contributed by atoms with Gasteiger partial charge in [-0.1, -0.05) is 23.7 Å². The zero-order chi connectivity index (χ0) is 14.1. The summed E-state index contributed by atoms with van der Waals surface area (Å²) in [4.78, 5) is 13.8. The molecule has 2 nitrogen and oxygen atoms in total. The molecule has 3 rings (SSSR count). The number of hydrogen-bond acceptors (Lipinski definition) is 2. The molecule has 1 fully saturated rings. The number of benzene rings is 2. The van der Waals surface area contributed by atoms with Gasteiger partial charge in [0, 0.05) is 10.7 Å². The van der Waals surface area contributed by atoms with Crippen LogP contribution in [-0.2, 0) is 4.79 Å². The highest BCUT2D eigenvalue weighted by Crippen LogP contribution is 2.42. The van der Waals surface area contributed by atoms with Gasteiger partial charge in [0.1, 0.15) is 11.2 Å². The first-order chi connectivity index (χ1) is 9.65. The summed E-state index contributed by atoms with van der Waals surface area (Å²) in [6.07, 6.45) is 0. The second-order valence-corrected chi connectivity index (χ2v) is 5.96. The van der Waals surface area contributed by atoms with Crippen LogP contribution in [0.4, 0.5) is 10.1 Å². The van der Waals surface area contributed by atoms with Crippen LogP contribution in [-0.4, -0.2) is 11.7 Å². The smallest absolute Gasteiger partial charge is 0.238 e. The molecule has 1 heterocycles. The first kappa shape index (κ1) is 13.5. The van der Waals surface area contributed by atoms with Crippen molar-refractivity contribution in [2.75, 3.05) is 10.7 Å². The summed E-state index contributed by atoms with van der Waals surface area (Å²) < 4.78 is 13.0. The SMILES string of the molecule is O=C1CSC(c2cccc(Cl)c2)N1c1ccc(F)cc1. The van der Waals surface area contributed by atoms with Crippen molar-refractivity contribution < 1.29 is 9.18 Å². The van der Waals surface area contributed by atoms with E-state index in [1.165, 1.54) is 12.1 Å². The number of amides is 1. The number of carbonyl (C=O) groups excluding carboxylic acids is 1. The highest BCUT2D eigenvalue weighted by atomic mass is 35.5. The fourth-order valence-electron chi connectivity index (χ4n) is 2.21. The topological polar surface area (TPSA) is 20.3 Å². The third-order valence-electron chi connectivity index (χ3n) is 3.11. The normalized spacial score (nSPS) is 18.6. The Morgan fingerprint density at radius 3 is 2.65 bits per heavy atom. The largest absolute Gasteiger partial charge is 0.295 e. The van der Waals surface area contributed by atoms with Gasteiger partial charge in [0.15, 0.2) is 0 Å². The van der Waals surface area contributed by atoms with E-state index in [9.17, 15) is 9.18 Å². The molecule has 0 radical (unpaired) electrons. The van der Waals surface area contributed by atoms with Crippen molar-refractivity contribution in [3.63, 3.8) is 0 Å². The van der Waals surface area contributed by atoms with E-state index in [1.807, 2.05) is 18.2 Å². The van der Waals surface area contributed by atoms with Crippen molar-refractivity contribution in [3.05, 3.63) is 64.9 Å². The van der Waals surface area contributed by atoms with E-state index in [-0.39, 0.29) is 17.1 Å². The second-order valence-electron chi connectivity index (χ2n) is 4.46. The van der Waals surface area contributed by atoms with Crippen molar-refractivity contribution >= 4 is 35.0 Å². The van der Waals surface area contributed by atoms with Crippen LogP contribution in [0.15, 0.2) is 48.5 Å². The number of carbonyl (C=O) groups is 1. The molecule has 102 valence electrons. The number of thioether (sulfide) groups is 1. The molecule has 0 saturated carbocycles. The predicted octanol–water partition coefficient (Wildman–Crippen LogP) is 4.26. The lowest BCUT2D eigenvalue weighted by Crippen LogP contribution is -2.27. The van der Waals surface area contributed by atoms with E-state index in [2.05, 4.69) is 0 Å². The van der Waals surface area contributed by atoms with Crippen molar-refractivity contribution in [2.24, 2.45) is 0 Å². The minimum Gasteiger partial charge on any atom is -0.295 e. The van der Waals surface area contributed by atoms with E-state index in [0.29, 0.717) is 16.5 Å². The van der Waals surface area contributed by atoms with Crippen molar-refractivity contribution in [1.82, 2.24) is 0 Å². The summed E-state index contributed by atoms with van der Waals surface area (Å²) in [7, 11) is 0. The molecule has 1 unspecified atom stereocenters. The average molecular weight is 308 g/mol. The summed E-state index contributed by atoms with van der Waals surface area (Å²) in [5.41, 5.74) is 1.67. The number of hydrogen-bond donors (Lipinski definition) is 0.